The number of hydrogen-bond donors (Lipinski definition) is 1. The maximum absolute atomic E-state index is 11.4. The fourth-order valence-electron chi connectivity index (χ4n) is 1.63. The zero-order valence-electron chi connectivity index (χ0n) is 10.3. The van der Waals surface area contributed by atoms with Gasteiger partial charge < -0.3 is 9.88 Å². The van der Waals surface area contributed by atoms with Crippen LogP contribution in [-0.2, 0) is 13.1 Å². The maximum Gasteiger partial charge on any atom is 0.324 e. The highest BCUT2D eigenvalue weighted by Gasteiger charge is 2.09. The van der Waals surface area contributed by atoms with Crippen LogP contribution in [0, 0.1) is 10.1 Å². The van der Waals surface area contributed by atoms with Crippen LogP contribution < -0.4 is 10.9 Å². The molecular weight excluding hydrogens is 266 g/mol. The Morgan fingerprint density at radius 1 is 1.37 bits per heavy atom. The molecule has 0 saturated carbocycles. The molecular formula is C12H13N3O3S. The standard InChI is InChI=1S/C12H13N3O3S/c1-2-14-8-9(3-5-11(14)16)13-7-10-4-6-12(19-10)15(17)18/h3-6,8,13H,2,7H2,1H3. The highest BCUT2D eigenvalue weighted by molar-refractivity contribution is 7.15. The maximum atomic E-state index is 11.4. The van der Waals surface area contributed by atoms with Crippen molar-refractivity contribution < 1.29 is 4.92 Å². The molecule has 0 radical (unpaired) electrons. The molecule has 0 spiro atoms. The van der Waals surface area contributed by atoms with E-state index in [1.165, 1.54) is 12.1 Å². The van der Waals surface area contributed by atoms with Gasteiger partial charge in [0.15, 0.2) is 0 Å². The molecule has 0 atom stereocenters. The first-order valence-corrected chi connectivity index (χ1v) is 6.59. The first-order chi connectivity index (χ1) is 9.10. The molecule has 19 heavy (non-hydrogen) atoms. The molecule has 6 nitrogen and oxygen atoms in total. The number of rotatable bonds is 5. The van der Waals surface area contributed by atoms with Crippen molar-refractivity contribution in [2.45, 2.75) is 20.0 Å². The SMILES string of the molecule is CCn1cc(NCc2ccc([N+](=O)[O-])s2)ccc1=O. The van der Waals surface area contributed by atoms with Gasteiger partial charge in [0.2, 0.25) is 0 Å². The minimum atomic E-state index is -0.397. The second kappa shape index (κ2) is 5.66. The Hall–Kier alpha value is -2.15. The van der Waals surface area contributed by atoms with Gasteiger partial charge in [-0.25, -0.2) is 0 Å². The van der Waals surface area contributed by atoms with Crippen LogP contribution in [0.2, 0.25) is 0 Å². The first-order valence-electron chi connectivity index (χ1n) is 5.77. The summed E-state index contributed by atoms with van der Waals surface area (Å²) in [5.74, 6) is 0. The van der Waals surface area contributed by atoms with E-state index in [-0.39, 0.29) is 10.6 Å². The van der Waals surface area contributed by atoms with Crippen LogP contribution in [0.3, 0.4) is 0 Å². The van der Waals surface area contributed by atoms with Gasteiger partial charge in [0.05, 0.1) is 10.6 Å². The number of thiophene rings is 1. The average Bonchev–Trinajstić information content (AvgIpc) is 2.87. The van der Waals surface area contributed by atoms with Gasteiger partial charge >= 0.3 is 5.00 Å². The van der Waals surface area contributed by atoms with E-state index < -0.39 is 4.92 Å². The summed E-state index contributed by atoms with van der Waals surface area (Å²) in [5, 5.41) is 13.8. The number of pyridine rings is 1. The summed E-state index contributed by atoms with van der Waals surface area (Å²) >= 11 is 1.14. The van der Waals surface area contributed by atoms with Crippen LogP contribution in [-0.4, -0.2) is 9.49 Å². The van der Waals surface area contributed by atoms with Crippen molar-refractivity contribution in [1.29, 1.82) is 0 Å². The molecule has 2 heterocycles. The molecule has 0 amide bonds. The van der Waals surface area contributed by atoms with Crippen LogP contribution in [0.15, 0.2) is 35.3 Å². The van der Waals surface area contributed by atoms with E-state index in [9.17, 15) is 14.9 Å². The fraction of sp³-hybridized carbons (Fsp3) is 0.250. The zero-order chi connectivity index (χ0) is 13.8. The Morgan fingerprint density at radius 3 is 2.79 bits per heavy atom. The summed E-state index contributed by atoms with van der Waals surface area (Å²) in [6.45, 7) is 3.01. The normalized spacial score (nSPS) is 10.4. The third-order valence-electron chi connectivity index (χ3n) is 2.62. The highest BCUT2D eigenvalue weighted by atomic mass is 32.1. The van der Waals surface area contributed by atoms with Crippen molar-refractivity contribution in [2.24, 2.45) is 0 Å². The minimum Gasteiger partial charge on any atom is -0.379 e. The third kappa shape index (κ3) is 3.19. The van der Waals surface area contributed by atoms with Gasteiger partial charge in [0.25, 0.3) is 5.56 Å². The number of aryl methyl sites for hydroxylation is 1. The van der Waals surface area contributed by atoms with Gasteiger partial charge in [-0.1, -0.05) is 11.3 Å². The third-order valence-corrected chi connectivity index (χ3v) is 3.66. The first kappa shape index (κ1) is 13.3. The molecule has 0 saturated heterocycles. The number of aromatic nitrogens is 1. The molecule has 0 aliphatic rings. The molecule has 0 aliphatic carbocycles. The Labute approximate surface area is 113 Å². The molecule has 0 bridgehead atoms. The van der Waals surface area contributed by atoms with Gasteiger partial charge in [-0.05, 0) is 19.1 Å². The molecule has 2 aromatic rings. The molecule has 7 heteroatoms. The summed E-state index contributed by atoms with van der Waals surface area (Å²) < 4.78 is 1.60. The number of nitrogens with one attached hydrogen (secondary N) is 1. The van der Waals surface area contributed by atoms with Gasteiger partial charge in [0.1, 0.15) is 0 Å². The van der Waals surface area contributed by atoms with Crippen molar-refractivity contribution in [2.75, 3.05) is 5.32 Å². The molecule has 1 N–H and O–H groups in total. The molecule has 0 fully saturated rings. The number of anilines is 1. The Kier molecular flexibility index (Phi) is 3.96. The summed E-state index contributed by atoms with van der Waals surface area (Å²) in [7, 11) is 0. The van der Waals surface area contributed by atoms with E-state index in [0.717, 1.165) is 21.9 Å². The molecule has 0 aliphatic heterocycles. The van der Waals surface area contributed by atoms with Gasteiger partial charge in [-0.15, -0.1) is 0 Å². The van der Waals surface area contributed by atoms with Crippen molar-refractivity contribution in [3.8, 4) is 0 Å². The van der Waals surface area contributed by atoms with E-state index in [1.54, 1.807) is 22.9 Å². The van der Waals surface area contributed by atoms with Crippen LogP contribution in [0.1, 0.15) is 11.8 Å². The highest BCUT2D eigenvalue weighted by Crippen LogP contribution is 2.24. The van der Waals surface area contributed by atoms with Gasteiger partial charge in [-0.3, -0.25) is 14.9 Å². The molecule has 100 valence electrons. The van der Waals surface area contributed by atoms with Crippen LogP contribution in [0.4, 0.5) is 10.7 Å². The lowest BCUT2D eigenvalue weighted by molar-refractivity contribution is -0.380. The predicted molar refractivity (Wildman–Crippen MR) is 74.7 cm³/mol. The zero-order valence-corrected chi connectivity index (χ0v) is 11.1. The number of nitro groups is 1. The fourth-order valence-corrected chi connectivity index (χ4v) is 2.39. The Bertz CT molecular complexity index is 648. The number of hydrogen-bond acceptors (Lipinski definition) is 5. The van der Waals surface area contributed by atoms with E-state index in [4.69, 9.17) is 0 Å². The summed E-state index contributed by atoms with van der Waals surface area (Å²) in [6, 6.07) is 6.43. The Morgan fingerprint density at radius 2 is 2.16 bits per heavy atom. The van der Waals surface area contributed by atoms with Crippen molar-refractivity contribution in [3.05, 3.63) is 55.8 Å². The minimum absolute atomic E-state index is 0.0418. The quantitative estimate of drug-likeness (QED) is 0.673. The smallest absolute Gasteiger partial charge is 0.324 e. The molecule has 0 unspecified atom stereocenters. The summed E-state index contributed by atoms with van der Waals surface area (Å²) in [6.07, 6.45) is 1.74. The van der Waals surface area contributed by atoms with E-state index in [0.29, 0.717) is 13.1 Å². The van der Waals surface area contributed by atoms with E-state index in [2.05, 4.69) is 5.32 Å². The second-order valence-electron chi connectivity index (χ2n) is 3.89. The molecule has 2 aromatic heterocycles. The lowest BCUT2D eigenvalue weighted by Crippen LogP contribution is -2.17. The monoisotopic (exact) mass is 279 g/mol. The summed E-state index contributed by atoms with van der Waals surface area (Å²) in [4.78, 5) is 22.5. The van der Waals surface area contributed by atoms with E-state index >= 15 is 0 Å². The largest absolute Gasteiger partial charge is 0.379 e. The van der Waals surface area contributed by atoms with Crippen LogP contribution >= 0.6 is 11.3 Å². The van der Waals surface area contributed by atoms with Gasteiger partial charge in [0, 0.05) is 36.3 Å². The molecule has 2 rings (SSSR count). The van der Waals surface area contributed by atoms with Gasteiger partial charge in [-0.2, -0.15) is 0 Å². The Balaban J connectivity index is 2.05. The van der Waals surface area contributed by atoms with E-state index in [1.807, 2.05) is 6.92 Å². The van der Waals surface area contributed by atoms with Crippen molar-refractivity contribution >= 4 is 22.0 Å². The van der Waals surface area contributed by atoms with Crippen LogP contribution in [0.5, 0.6) is 0 Å². The topological polar surface area (TPSA) is 77.2 Å². The summed E-state index contributed by atoms with van der Waals surface area (Å²) in [5.41, 5.74) is 0.775. The molecule has 0 aromatic carbocycles. The lowest BCUT2D eigenvalue weighted by Gasteiger charge is -2.07. The average molecular weight is 279 g/mol. The van der Waals surface area contributed by atoms with Crippen molar-refractivity contribution in [1.82, 2.24) is 4.57 Å². The number of nitrogens with zero attached hydrogens (tertiary/aromatic N) is 2. The van der Waals surface area contributed by atoms with Crippen LogP contribution in [0.25, 0.3) is 0 Å². The second-order valence-corrected chi connectivity index (χ2v) is 5.04. The van der Waals surface area contributed by atoms with Crippen molar-refractivity contribution in [3.63, 3.8) is 0 Å². The lowest BCUT2D eigenvalue weighted by atomic mass is 10.4. The predicted octanol–water partition coefficient (Wildman–Crippen LogP) is 2.45.